The minimum atomic E-state index is 0. The van der Waals surface area contributed by atoms with Crippen molar-refractivity contribution in [2.45, 2.75) is 33.6 Å². The van der Waals surface area contributed by atoms with Crippen molar-refractivity contribution >= 4 is 0 Å². The quantitative estimate of drug-likeness (QED) is 0.468. The van der Waals surface area contributed by atoms with Gasteiger partial charge in [-0.05, 0) is 0 Å². The summed E-state index contributed by atoms with van der Waals surface area (Å²) in [6, 6.07) is 0. The van der Waals surface area contributed by atoms with E-state index in [-0.39, 0.29) is 31.6 Å². The Kier molecular flexibility index (Phi) is 8.19. The molecule has 0 radical (unpaired) electrons. The fourth-order valence-electron chi connectivity index (χ4n) is 1.09. The Morgan fingerprint density at radius 3 is 2.29 bits per heavy atom. The molecule has 0 nitrogen and oxygen atoms in total. The molecule has 0 bridgehead atoms. The summed E-state index contributed by atoms with van der Waals surface area (Å²) >= 11 is 0. The van der Waals surface area contributed by atoms with E-state index in [1.54, 1.807) is 0 Å². The van der Waals surface area contributed by atoms with E-state index in [0.717, 1.165) is 18.4 Å². The van der Waals surface area contributed by atoms with E-state index in [9.17, 15) is 0 Å². The molecule has 17 heavy (non-hydrogen) atoms. The van der Waals surface area contributed by atoms with Crippen LogP contribution in [0.2, 0.25) is 0 Å². The van der Waals surface area contributed by atoms with Crippen molar-refractivity contribution in [2.75, 3.05) is 0 Å². The first-order chi connectivity index (χ1) is 7.58. The summed E-state index contributed by atoms with van der Waals surface area (Å²) in [5, 5.41) is 0. The monoisotopic (exact) mass is 300 g/mol. The third kappa shape index (κ3) is 9.14. The van der Waals surface area contributed by atoms with Crippen LogP contribution in [0.15, 0.2) is 36.0 Å². The SMILES string of the molecule is CC(C)(C)C#CC1=[C-]CC=C1.[C-]1=CC=CC1.[Zr+2]. The van der Waals surface area contributed by atoms with Crippen LogP contribution in [-0.4, -0.2) is 0 Å². The molecule has 0 saturated heterocycles. The van der Waals surface area contributed by atoms with Crippen LogP contribution in [0.1, 0.15) is 33.6 Å². The Labute approximate surface area is 125 Å². The van der Waals surface area contributed by atoms with Crippen LogP contribution in [0.5, 0.6) is 0 Å². The molecule has 0 aromatic rings. The van der Waals surface area contributed by atoms with Gasteiger partial charge in [-0.15, -0.1) is 12.5 Å². The molecule has 0 N–H and O–H groups in total. The van der Waals surface area contributed by atoms with Crippen LogP contribution < -0.4 is 0 Å². The summed E-state index contributed by atoms with van der Waals surface area (Å²) in [5.74, 6) is 6.25. The summed E-state index contributed by atoms with van der Waals surface area (Å²) in [4.78, 5) is 0. The smallest absolute Gasteiger partial charge is 0.273 e. The predicted octanol–water partition coefficient (Wildman–Crippen LogP) is 4.03. The second kappa shape index (κ2) is 8.49. The number of rotatable bonds is 0. The molecule has 2 rings (SSSR count). The minimum Gasteiger partial charge on any atom is -0.273 e. The number of allylic oxidation sites excluding steroid dienone is 8. The van der Waals surface area contributed by atoms with Gasteiger partial charge in [0.2, 0.25) is 0 Å². The molecule has 0 saturated carbocycles. The van der Waals surface area contributed by atoms with Crippen molar-refractivity contribution in [1.82, 2.24) is 0 Å². The zero-order chi connectivity index (χ0) is 11.9. The minimum absolute atomic E-state index is 0. The van der Waals surface area contributed by atoms with Gasteiger partial charge in [-0.25, -0.2) is 18.1 Å². The Morgan fingerprint density at radius 2 is 1.94 bits per heavy atom. The maximum absolute atomic E-state index is 3.16. The van der Waals surface area contributed by atoms with E-state index >= 15 is 0 Å². The van der Waals surface area contributed by atoms with Crippen LogP contribution in [0.4, 0.5) is 0 Å². The maximum Gasteiger partial charge on any atom is 2.00 e. The second-order valence-corrected chi connectivity index (χ2v) is 4.70. The van der Waals surface area contributed by atoms with E-state index in [2.05, 4.69) is 56.9 Å². The van der Waals surface area contributed by atoms with Crippen LogP contribution in [0.25, 0.3) is 0 Å². The summed E-state index contributed by atoms with van der Waals surface area (Å²) in [6.45, 7) is 6.33. The van der Waals surface area contributed by atoms with Crippen LogP contribution >= 0.6 is 0 Å². The number of hydrogen-bond acceptors (Lipinski definition) is 0. The Bertz CT molecular complexity index is 379. The predicted molar refractivity (Wildman–Crippen MR) is 69.3 cm³/mol. The zero-order valence-corrected chi connectivity index (χ0v) is 13.3. The van der Waals surface area contributed by atoms with E-state index in [1.807, 2.05) is 18.2 Å². The molecule has 0 unspecified atom stereocenters. The van der Waals surface area contributed by atoms with E-state index < -0.39 is 0 Å². The Morgan fingerprint density at radius 1 is 1.18 bits per heavy atom. The zero-order valence-electron chi connectivity index (χ0n) is 10.8. The van der Waals surface area contributed by atoms with Crippen LogP contribution in [0.3, 0.4) is 0 Å². The summed E-state index contributed by atoms with van der Waals surface area (Å²) in [7, 11) is 0. The van der Waals surface area contributed by atoms with Crippen LogP contribution in [0, 0.1) is 29.4 Å². The molecular weight excluding hydrogens is 283 g/mol. The van der Waals surface area contributed by atoms with Gasteiger partial charge >= 0.3 is 26.2 Å². The van der Waals surface area contributed by atoms with E-state index in [0.29, 0.717) is 0 Å². The molecule has 0 aromatic carbocycles. The molecule has 0 spiro atoms. The van der Waals surface area contributed by atoms with Crippen molar-refractivity contribution < 1.29 is 26.2 Å². The van der Waals surface area contributed by atoms with Gasteiger partial charge in [0.05, 0.1) is 0 Å². The third-order valence-corrected chi connectivity index (χ3v) is 1.85. The van der Waals surface area contributed by atoms with Crippen molar-refractivity contribution in [1.29, 1.82) is 0 Å². The topological polar surface area (TPSA) is 0 Å². The fourth-order valence-corrected chi connectivity index (χ4v) is 1.09. The average molecular weight is 302 g/mol. The van der Waals surface area contributed by atoms with Crippen molar-refractivity contribution in [2.24, 2.45) is 5.41 Å². The van der Waals surface area contributed by atoms with Gasteiger partial charge in [0.25, 0.3) is 0 Å². The first-order valence-electron chi connectivity index (χ1n) is 5.60. The average Bonchev–Trinajstić information content (AvgIpc) is 2.90. The Hall–Kier alpha value is -0.597. The molecule has 0 aromatic heterocycles. The second-order valence-electron chi connectivity index (χ2n) is 4.70. The largest absolute Gasteiger partial charge is 2.00 e. The summed E-state index contributed by atoms with van der Waals surface area (Å²) < 4.78 is 0. The van der Waals surface area contributed by atoms with Gasteiger partial charge in [0, 0.05) is 5.41 Å². The normalized spacial score (nSPS) is 15.4. The van der Waals surface area contributed by atoms with Gasteiger partial charge in [-0.1, -0.05) is 27.2 Å². The third-order valence-electron chi connectivity index (χ3n) is 1.85. The van der Waals surface area contributed by atoms with Crippen LogP contribution in [-0.2, 0) is 26.2 Å². The van der Waals surface area contributed by atoms with Crippen molar-refractivity contribution in [3.63, 3.8) is 0 Å². The molecule has 2 aliphatic rings. The van der Waals surface area contributed by atoms with E-state index in [1.165, 1.54) is 0 Å². The molecule has 86 valence electrons. The maximum atomic E-state index is 3.16. The van der Waals surface area contributed by atoms with Crippen molar-refractivity contribution in [3.8, 4) is 11.8 Å². The molecule has 0 aliphatic heterocycles. The molecule has 0 fully saturated rings. The molecular formula is C16H18Zr. The molecule has 0 amide bonds. The Balaban J connectivity index is 0.000000360. The first kappa shape index (κ1) is 16.4. The fraction of sp³-hybridized carbons (Fsp3) is 0.375. The molecule has 1 heteroatoms. The first-order valence-corrected chi connectivity index (χ1v) is 5.60. The summed E-state index contributed by atoms with van der Waals surface area (Å²) in [5.41, 5.74) is 1.14. The number of hydrogen-bond donors (Lipinski definition) is 0. The standard InChI is InChI=1S/C11H13.C5H5.Zr/c1-11(2,3)9-8-10-6-4-5-7-10;1-2-4-5-3-1;/h4,6H,5H2,1-3H3;1-3H,4H2;/q2*-1;+2. The van der Waals surface area contributed by atoms with Gasteiger partial charge < -0.3 is 0 Å². The van der Waals surface area contributed by atoms with Gasteiger partial charge in [-0.3, -0.25) is 6.08 Å². The van der Waals surface area contributed by atoms with Gasteiger partial charge in [0.15, 0.2) is 0 Å². The van der Waals surface area contributed by atoms with Gasteiger partial charge in [0.1, 0.15) is 0 Å². The summed E-state index contributed by atoms with van der Waals surface area (Å²) in [6.07, 6.45) is 18.2. The molecule has 0 heterocycles. The molecule has 2 aliphatic carbocycles. The molecule has 0 atom stereocenters. The van der Waals surface area contributed by atoms with Crippen molar-refractivity contribution in [3.05, 3.63) is 48.1 Å². The van der Waals surface area contributed by atoms with E-state index in [4.69, 9.17) is 0 Å². The van der Waals surface area contributed by atoms with Gasteiger partial charge in [-0.2, -0.15) is 29.7 Å².